The summed E-state index contributed by atoms with van der Waals surface area (Å²) in [4.78, 5) is 37.3. The number of hydrogen-bond acceptors (Lipinski definition) is 8. The van der Waals surface area contributed by atoms with Crippen LogP contribution in [-0.4, -0.2) is 13.1 Å². The quantitative estimate of drug-likeness (QED) is 0.375. The molecule has 1 rings (SSSR count). The van der Waals surface area contributed by atoms with Crippen LogP contribution in [0.5, 0.6) is 0 Å². The van der Waals surface area contributed by atoms with Crippen LogP contribution in [0, 0.1) is 0 Å². The largest absolute Gasteiger partial charge is 1.00 e. The number of hydrogen-bond donors (Lipinski definition) is 1. The van der Waals surface area contributed by atoms with E-state index in [1.54, 1.807) is 0 Å². The van der Waals surface area contributed by atoms with Crippen molar-refractivity contribution in [2.24, 2.45) is 0 Å². The van der Waals surface area contributed by atoms with E-state index < -0.39 is 15.6 Å². The number of rotatable bonds is 2. The fourth-order valence-electron chi connectivity index (χ4n) is 1.10. The van der Waals surface area contributed by atoms with Crippen molar-refractivity contribution in [1.29, 1.82) is 0 Å². The molecule has 20 heavy (non-hydrogen) atoms. The molecule has 0 aromatic rings. The molecule has 1 N–H and O–H groups in total. The molecule has 0 amide bonds. The zero-order chi connectivity index (χ0) is 12.7. The zero-order valence-electron chi connectivity index (χ0n) is 12.5. The molecule has 1 aliphatic heterocycles. The average Bonchev–Trinajstić information content (AvgIpc) is 2.26. The molecule has 0 unspecified atom stereocenters. The van der Waals surface area contributed by atoms with Gasteiger partial charge in [-0.2, -0.15) is 0 Å². The minimum Gasteiger partial charge on any atom is -0.790 e. The Labute approximate surface area is 207 Å². The Balaban J connectivity index is -0.0000000633. The van der Waals surface area contributed by atoms with Crippen LogP contribution in [0.15, 0.2) is 0 Å². The van der Waals surface area contributed by atoms with E-state index in [1.165, 1.54) is 38.8 Å². The summed E-state index contributed by atoms with van der Waals surface area (Å²) in [6.07, 6.45) is 5.65. The maximum Gasteiger partial charge on any atom is 1.00 e. The maximum absolute atomic E-state index is 9.32. The molecule has 0 aromatic heterocycles. The van der Waals surface area contributed by atoms with Gasteiger partial charge in [0.25, 0.3) is 0 Å². The predicted molar refractivity (Wildman–Crippen MR) is 47.6 cm³/mol. The Morgan fingerprint density at radius 1 is 0.700 bits per heavy atom. The molecule has 0 aromatic carbocycles. The van der Waals surface area contributed by atoms with Crippen LogP contribution < -0.4 is 143 Å². The number of nitrogens with one attached hydrogen (secondary N) is 1. The Hall–Kier alpha value is 4.22. The first-order valence-electron chi connectivity index (χ1n) is 4.67. The molecular weight excluding hydrogens is 352 g/mol. The van der Waals surface area contributed by atoms with E-state index in [1.807, 2.05) is 0 Å². The second kappa shape index (κ2) is 19.5. The Kier molecular flexibility index (Phi) is 34.5. The van der Waals surface area contributed by atoms with Crippen molar-refractivity contribution in [3.05, 3.63) is 0 Å². The van der Waals surface area contributed by atoms with Crippen molar-refractivity contribution in [3.63, 3.8) is 0 Å². The molecule has 0 radical (unpaired) electrons. The third-order valence-corrected chi connectivity index (χ3v) is 3.26. The van der Waals surface area contributed by atoms with Crippen molar-refractivity contribution >= 4 is 15.6 Å². The van der Waals surface area contributed by atoms with Crippen LogP contribution in [-0.2, 0) is 13.4 Å². The summed E-state index contributed by atoms with van der Waals surface area (Å²) in [5.41, 5.74) is 0. The van der Waals surface area contributed by atoms with Crippen molar-refractivity contribution in [2.75, 3.05) is 13.1 Å². The third kappa shape index (κ3) is 33.7. The predicted octanol–water partition coefficient (Wildman–Crippen LogP) is -14.2. The molecule has 0 aliphatic carbocycles. The summed E-state index contributed by atoms with van der Waals surface area (Å²) in [6, 6.07) is 0. The van der Waals surface area contributed by atoms with Crippen molar-refractivity contribution in [3.8, 4) is 0 Å². The van der Waals surface area contributed by atoms with Gasteiger partial charge in [-0.1, -0.05) is 12.8 Å². The molecule has 0 atom stereocenters. The van der Waals surface area contributed by atoms with E-state index >= 15 is 0 Å². The van der Waals surface area contributed by atoms with E-state index in [4.69, 9.17) is 0 Å². The van der Waals surface area contributed by atoms with Gasteiger partial charge in [0.15, 0.2) is 0 Å². The van der Waals surface area contributed by atoms with Crippen molar-refractivity contribution in [2.45, 2.75) is 25.7 Å². The maximum atomic E-state index is 9.32. The van der Waals surface area contributed by atoms with Crippen LogP contribution in [0.3, 0.4) is 0 Å². The van der Waals surface area contributed by atoms with Crippen molar-refractivity contribution < 1.29 is 151 Å². The van der Waals surface area contributed by atoms with Crippen LogP contribution in [0.1, 0.15) is 25.7 Å². The fourth-order valence-corrected chi connectivity index (χ4v) is 2.08. The Morgan fingerprint density at radius 3 is 1.20 bits per heavy atom. The minimum atomic E-state index is -5.68. The first-order valence-corrected chi connectivity index (χ1v) is 7.59. The molecule has 98 valence electrons. The van der Waals surface area contributed by atoms with Crippen LogP contribution in [0.4, 0.5) is 0 Å². The Morgan fingerprint density at radius 2 is 1.00 bits per heavy atom. The zero-order valence-corrected chi connectivity index (χ0v) is 22.3. The molecule has 1 aliphatic rings. The summed E-state index contributed by atoms with van der Waals surface area (Å²) in [5, 5.41) is 3.35. The van der Waals surface area contributed by atoms with Crippen LogP contribution >= 0.6 is 15.6 Å². The van der Waals surface area contributed by atoms with E-state index in [0.29, 0.717) is 0 Å². The normalized spacial score (nSPS) is 14.6. The standard InChI is InChI=1S/C6H13N.4Na.H4O7P2/c1-2-4-6-7-5-3-1;;;;;1-8(2,3)7-9(4,5)6/h7H,1-6H2;;;;;(H2,1,2,3)(H2,4,5,6)/q;4*+1;/p-4. The van der Waals surface area contributed by atoms with Gasteiger partial charge < -0.3 is 38.3 Å². The monoisotopic (exact) mass is 365 g/mol. The SMILES string of the molecule is C1CCCNCC1.O=P([O-])([O-])OP(=O)([O-])[O-].[Na+].[Na+].[Na+].[Na+]. The average molecular weight is 365 g/mol. The van der Waals surface area contributed by atoms with Gasteiger partial charge in [-0.15, -0.1) is 0 Å². The third-order valence-electron chi connectivity index (χ3n) is 1.66. The molecule has 1 fully saturated rings. The van der Waals surface area contributed by atoms with Gasteiger partial charge in [0.1, 0.15) is 0 Å². The van der Waals surface area contributed by atoms with Gasteiger partial charge >= 0.3 is 118 Å². The van der Waals surface area contributed by atoms with Crippen LogP contribution in [0.2, 0.25) is 0 Å². The van der Waals surface area contributed by atoms with E-state index in [2.05, 4.69) is 9.63 Å². The summed E-state index contributed by atoms with van der Waals surface area (Å²) in [7, 11) is -11.4. The minimum absolute atomic E-state index is 0. The number of phosphoric acid groups is 2. The van der Waals surface area contributed by atoms with Crippen LogP contribution in [0.25, 0.3) is 0 Å². The van der Waals surface area contributed by atoms with E-state index in [9.17, 15) is 28.7 Å². The Bertz CT molecular complexity index is 247. The molecule has 0 saturated carbocycles. The second-order valence-corrected chi connectivity index (χ2v) is 5.58. The summed E-state index contributed by atoms with van der Waals surface area (Å²) < 4.78 is 21.2. The smallest absolute Gasteiger partial charge is 0.790 e. The summed E-state index contributed by atoms with van der Waals surface area (Å²) in [5.74, 6) is 0. The molecule has 8 nitrogen and oxygen atoms in total. The molecule has 0 bridgehead atoms. The first kappa shape index (κ1) is 35.4. The van der Waals surface area contributed by atoms with Gasteiger partial charge in [-0.3, -0.25) is 0 Å². The van der Waals surface area contributed by atoms with Gasteiger partial charge in [-0.05, 0) is 25.9 Å². The summed E-state index contributed by atoms with van der Waals surface area (Å²) >= 11 is 0. The molecular formula is C6H13NNa4O7P2. The molecule has 1 saturated heterocycles. The molecule has 0 spiro atoms. The first-order chi connectivity index (χ1) is 7.21. The summed E-state index contributed by atoms with van der Waals surface area (Å²) in [6.45, 7) is 2.50. The molecule has 14 heteroatoms. The van der Waals surface area contributed by atoms with Gasteiger partial charge in [0.2, 0.25) is 0 Å². The fraction of sp³-hybridized carbons (Fsp3) is 1.00. The van der Waals surface area contributed by atoms with Gasteiger partial charge in [0, 0.05) is 0 Å². The van der Waals surface area contributed by atoms with Gasteiger partial charge in [-0.25, -0.2) is 0 Å². The topological polar surface area (TPSA) is 148 Å². The van der Waals surface area contributed by atoms with Gasteiger partial charge in [0.05, 0.1) is 15.6 Å². The van der Waals surface area contributed by atoms with E-state index in [0.717, 1.165) is 0 Å². The molecule has 1 heterocycles. The van der Waals surface area contributed by atoms with E-state index in [-0.39, 0.29) is 118 Å². The van der Waals surface area contributed by atoms with Crippen molar-refractivity contribution in [1.82, 2.24) is 5.32 Å². The second-order valence-electron chi connectivity index (χ2n) is 3.14.